The molecule has 0 spiro atoms. The van der Waals surface area contributed by atoms with E-state index in [1.807, 2.05) is 0 Å². The number of phenols is 1. The number of phenolic OH excluding ortho intramolecular Hbond substituents is 1. The Labute approximate surface area is 140 Å². The van der Waals surface area contributed by atoms with Gasteiger partial charge >= 0.3 is 0 Å². The zero-order valence-corrected chi connectivity index (χ0v) is 14.8. The molecular formula is C18H29NO2S. The largest absolute Gasteiger partial charge is 0.508 e. The summed E-state index contributed by atoms with van der Waals surface area (Å²) in [6.07, 6.45) is 8.73. The first-order chi connectivity index (χ1) is 10.4. The molecule has 0 unspecified atom stereocenters. The normalized spacial score (nSPS) is 10.8. The maximum Gasteiger partial charge on any atom is 0.248 e. The van der Waals surface area contributed by atoms with Crippen LogP contribution in [0.25, 0.3) is 0 Å². The fraction of sp³-hybridized carbons (Fsp3) is 0.500. The number of nitrogens with two attached hydrogens (primary N) is 1. The summed E-state index contributed by atoms with van der Waals surface area (Å²) in [5.74, 6) is 0.536. The van der Waals surface area contributed by atoms with Gasteiger partial charge in [-0.2, -0.15) is 12.6 Å². The van der Waals surface area contributed by atoms with E-state index in [1.54, 1.807) is 24.6 Å². The second-order valence-electron chi connectivity index (χ2n) is 5.30. The van der Waals surface area contributed by atoms with Gasteiger partial charge in [0.05, 0.1) is 0 Å². The Kier molecular flexibility index (Phi) is 11.4. The van der Waals surface area contributed by atoms with Crippen LogP contribution < -0.4 is 5.73 Å². The third kappa shape index (κ3) is 9.50. The van der Waals surface area contributed by atoms with E-state index in [1.165, 1.54) is 38.2 Å². The van der Waals surface area contributed by atoms with Crippen molar-refractivity contribution >= 4 is 18.5 Å². The second-order valence-corrected chi connectivity index (χ2v) is 5.75. The van der Waals surface area contributed by atoms with Crippen LogP contribution in [-0.4, -0.2) is 16.8 Å². The SMILES string of the molecule is C/C=C(\CCS)CCCCC.Cc1cc(O)cc(C(N)=O)c1. The Bertz CT molecular complexity index is 464. The van der Waals surface area contributed by atoms with Crippen LogP contribution in [0, 0.1) is 6.92 Å². The Morgan fingerprint density at radius 1 is 1.27 bits per heavy atom. The quantitative estimate of drug-likeness (QED) is 0.389. The van der Waals surface area contributed by atoms with Gasteiger partial charge < -0.3 is 10.8 Å². The number of carbonyl (C=O) groups is 1. The van der Waals surface area contributed by atoms with Gasteiger partial charge in [-0.3, -0.25) is 4.79 Å². The Hall–Kier alpha value is -1.42. The summed E-state index contributed by atoms with van der Waals surface area (Å²) in [5, 5.41) is 9.04. The van der Waals surface area contributed by atoms with Crippen LogP contribution >= 0.6 is 12.6 Å². The predicted octanol–water partition coefficient (Wildman–Crippen LogP) is 4.63. The summed E-state index contributed by atoms with van der Waals surface area (Å²) in [7, 11) is 0. The molecular weight excluding hydrogens is 294 g/mol. The van der Waals surface area contributed by atoms with E-state index >= 15 is 0 Å². The lowest BCUT2D eigenvalue weighted by Crippen LogP contribution is -2.10. The fourth-order valence-corrected chi connectivity index (χ4v) is 2.35. The molecule has 124 valence electrons. The first-order valence-electron chi connectivity index (χ1n) is 7.79. The Morgan fingerprint density at radius 2 is 1.95 bits per heavy atom. The highest BCUT2D eigenvalue weighted by Crippen LogP contribution is 2.14. The minimum absolute atomic E-state index is 0.0683. The number of hydrogen-bond donors (Lipinski definition) is 3. The molecule has 0 aliphatic carbocycles. The van der Waals surface area contributed by atoms with Gasteiger partial charge in [0, 0.05) is 5.56 Å². The molecule has 1 rings (SSSR count). The average Bonchev–Trinajstić information content (AvgIpc) is 2.46. The van der Waals surface area contributed by atoms with Gasteiger partial charge in [-0.05, 0) is 62.6 Å². The highest BCUT2D eigenvalue weighted by Gasteiger charge is 2.01. The molecule has 0 heterocycles. The van der Waals surface area contributed by atoms with Crippen LogP contribution in [0.15, 0.2) is 29.8 Å². The van der Waals surface area contributed by atoms with Crippen molar-refractivity contribution in [3.63, 3.8) is 0 Å². The Morgan fingerprint density at radius 3 is 2.41 bits per heavy atom. The van der Waals surface area contributed by atoms with Crippen LogP contribution in [0.1, 0.15) is 61.9 Å². The van der Waals surface area contributed by atoms with E-state index in [4.69, 9.17) is 10.8 Å². The van der Waals surface area contributed by atoms with Crippen molar-refractivity contribution < 1.29 is 9.90 Å². The molecule has 22 heavy (non-hydrogen) atoms. The van der Waals surface area contributed by atoms with Crippen LogP contribution in [0.2, 0.25) is 0 Å². The van der Waals surface area contributed by atoms with Gasteiger partial charge in [-0.1, -0.05) is 31.4 Å². The molecule has 3 N–H and O–H groups in total. The van der Waals surface area contributed by atoms with Crippen molar-refractivity contribution in [2.45, 2.75) is 52.9 Å². The third-order valence-electron chi connectivity index (χ3n) is 3.29. The van der Waals surface area contributed by atoms with Gasteiger partial charge in [0.2, 0.25) is 5.91 Å². The molecule has 1 amide bonds. The van der Waals surface area contributed by atoms with Crippen molar-refractivity contribution in [1.82, 2.24) is 0 Å². The Balaban J connectivity index is 0.000000401. The number of benzene rings is 1. The highest BCUT2D eigenvalue weighted by atomic mass is 32.1. The number of amides is 1. The van der Waals surface area contributed by atoms with E-state index in [9.17, 15) is 4.79 Å². The zero-order valence-electron chi connectivity index (χ0n) is 13.9. The third-order valence-corrected chi connectivity index (χ3v) is 3.51. The van der Waals surface area contributed by atoms with E-state index in [-0.39, 0.29) is 5.75 Å². The molecule has 0 aliphatic rings. The summed E-state index contributed by atoms with van der Waals surface area (Å²) < 4.78 is 0. The topological polar surface area (TPSA) is 63.3 Å². The van der Waals surface area contributed by atoms with Crippen molar-refractivity contribution in [3.05, 3.63) is 41.0 Å². The lowest BCUT2D eigenvalue weighted by Gasteiger charge is -2.03. The first-order valence-corrected chi connectivity index (χ1v) is 8.43. The molecule has 0 fully saturated rings. The van der Waals surface area contributed by atoms with Gasteiger partial charge in [0.15, 0.2) is 0 Å². The average molecular weight is 324 g/mol. The summed E-state index contributed by atoms with van der Waals surface area (Å²) in [6.45, 7) is 6.16. The van der Waals surface area contributed by atoms with Crippen LogP contribution in [0.4, 0.5) is 0 Å². The molecule has 0 aliphatic heterocycles. The summed E-state index contributed by atoms with van der Waals surface area (Å²) in [6, 6.07) is 4.53. The maximum atomic E-state index is 10.6. The molecule has 0 atom stereocenters. The molecule has 1 aromatic carbocycles. The monoisotopic (exact) mass is 323 g/mol. The minimum atomic E-state index is -0.524. The van der Waals surface area contributed by atoms with Crippen molar-refractivity contribution in [3.8, 4) is 5.75 Å². The van der Waals surface area contributed by atoms with Gasteiger partial charge in [-0.25, -0.2) is 0 Å². The number of carbonyl (C=O) groups excluding carboxylic acids is 1. The van der Waals surface area contributed by atoms with Gasteiger partial charge in [-0.15, -0.1) is 0 Å². The number of aryl methyl sites for hydroxylation is 1. The predicted molar refractivity (Wildman–Crippen MR) is 97.7 cm³/mol. The van der Waals surface area contributed by atoms with Crippen molar-refractivity contribution in [1.29, 1.82) is 0 Å². The van der Waals surface area contributed by atoms with Crippen LogP contribution in [0.5, 0.6) is 5.75 Å². The summed E-state index contributed by atoms with van der Waals surface area (Å²) in [5.41, 5.74) is 7.73. The smallest absolute Gasteiger partial charge is 0.248 e. The van der Waals surface area contributed by atoms with Crippen molar-refractivity contribution in [2.75, 3.05) is 5.75 Å². The molecule has 3 nitrogen and oxygen atoms in total. The molecule has 0 bridgehead atoms. The van der Waals surface area contributed by atoms with E-state index in [0.717, 1.165) is 11.3 Å². The van der Waals surface area contributed by atoms with E-state index in [0.29, 0.717) is 5.56 Å². The lowest BCUT2D eigenvalue weighted by atomic mass is 10.1. The number of primary amides is 1. The highest BCUT2D eigenvalue weighted by molar-refractivity contribution is 7.80. The minimum Gasteiger partial charge on any atom is -0.508 e. The second kappa shape index (κ2) is 12.2. The van der Waals surface area contributed by atoms with E-state index < -0.39 is 5.91 Å². The molecule has 0 saturated heterocycles. The molecule has 0 saturated carbocycles. The number of unbranched alkanes of at least 4 members (excludes halogenated alkanes) is 2. The van der Waals surface area contributed by atoms with Gasteiger partial charge in [0.25, 0.3) is 0 Å². The molecule has 4 heteroatoms. The number of thiol groups is 1. The number of hydrogen-bond acceptors (Lipinski definition) is 3. The fourth-order valence-electron chi connectivity index (χ4n) is 2.06. The van der Waals surface area contributed by atoms with Crippen molar-refractivity contribution in [2.24, 2.45) is 5.73 Å². The molecule has 1 aromatic rings. The molecule has 0 radical (unpaired) electrons. The number of aromatic hydroxyl groups is 1. The molecule has 0 aromatic heterocycles. The van der Waals surface area contributed by atoms with Crippen LogP contribution in [-0.2, 0) is 0 Å². The number of allylic oxidation sites excluding steroid dienone is 2. The summed E-state index contributed by atoms with van der Waals surface area (Å²) >= 11 is 4.22. The van der Waals surface area contributed by atoms with E-state index in [2.05, 4.69) is 32.6 Å². The van der Waals surface area contributed by atoms with Crippen LogP contribution in [0.3, 0.4) is 0 Å². The summed E-state index contributed by atoms with van der Waals surface area (Å²) in [4.78, 5) is 10.6. The zero-order chi connectivity index (χ0) is 17.0. The standard InChI is InChI=1S/C10H20S.C8H9NO2/c1-3-5-6-7-10(4-2)8-9-11;1-5-2-6(8(9)11)4-7(10)3-5/h4,11H,3,5-9H2,1-2H3;2-4,10H,1H3,(H2,9,11)/b10-4-;. The maximum absolute atomic E-state index is 10.6. The number of rotatable bonds is 7. The lowest BCUT2D eigenvalue weighted by molar-refractivity contribution is 0.1000. The van der Waals surface area contributed by atoms with Gasteiger partial charge in [0.1, 0.15) is 5.75 Å². The first kappa shape index (κ1) is 20.6.